The minimum absolute atomic E-state index is 0.182. The number of nitrogens with one attached hydrogen (secondary N) is 1. The van der Waals surface area contributed by atoms with Crippen molar-refractivity contribution in [3.63, 3.8) is 0 Å². The fourth-order valence-corrected chi connectivity index (χ4v) is 2.64. The lowest BCUT2D eigenvalue weighted by atomic mass is 10.0. The van der Waals surface area contributed by atoms with Crippen LogP contribution in [-0.2, 0) is 6.42 Å². The molecule has 0 spiro atoms. The molecule has 0 bridgehead atoms. The van der Waals surface area contributed by atoms with Gasteiger partial charge in [-0.15, -0.1) is 0 Å². The SMILES string of the molecule is CCc1c(Cl)ncnc1NC1(C)CCCC1. The van der Waals surface area contributed by atoms with E-state index in [0.717, 1.165) is 17.8 Å². The Kier molecular flexibility index (Phi) is 3.33. The van der Waals surface area contributed by atoms with E-state index in [0.29, 0.717) is 5.15 Å². The molecule has 0 radical (unpaired) electrons. The van der Waals surface area contributed by atoms with Crippen LogP contribution in [0, 0.1) is 0 Å². The van der Waals surface area contributed by atoms with Crippen LogP contribution in [0.25, 0.3) is 0 Å². The predicted molar refractivity (Wildman–Crippen MR) is 66.9 cm³/mol. The molecule has 88 valence electrons. The quantitative estimate of drug-likeness (QED) is 0.822. The zero-order valence-electron chi connectivity index (χ0n) is 9.89. The topological polar surface area (TPSA) is 37.8 Å². The first-order valence-corrected chi connectivity index (χ1v) is 6.30. The molecule has 3 nitrogen and oxygen atoms in total. The van der Waals surface area contributed by atoms with E-state index in [4.69, 9.17) is 11.6 Å². The van der Waals surface area contributed by atoms with Crippen molar-refractivity contribution in [3.8, 4) is 0 Å². The van der Waals surface area contributed by atoms with Gasteiger partial charge in [-0.3, -0.25) is 0 Å². The van der Waals surface area contributed by atoms with Crippen LogP contribution in [0.2, 0.25) is 5.15 Å². The van der Waals surface area contributed by atoms with Crippen LogP contribution >= 0.6 is 11.6 Å². The largest absolute Gasteiger partial charge is 0.365 e. The standard InChI is InChI=1S/C12H18ClN3/c1-3-9-10(13)14-8-15-11(9)16-12(2)6-4-5-7-12/h8H,3-7H2,1-2H3,(H,14,15,16). The van der Waals surface area contributed by atoms with Gasteiger partial charge in [0.2, 0.25) is 0 Å². The lowest BCUT2D eigenvalue weighted by Gasteiger charge is -2.27. The minimum atomic E-state index is 0.182. The number of rotatable bonds is 3. The van der Waals surface area contributed by atoms with Crippen molar-refractivity contribution in [3.05, 3.63) is 17.0 Å². The van der Waals surface area contributed by atoms with Gasteiger partial charge in [0, 0.05) is 11.1 Å². The van der Waals surface area contributed by atoms with Crippen LogP contribution in [0.1, 0.15) is 45.1 Å². The number of hydrogen-bond donors (Lipinski definition) is 1. The van der Waals surface area contributed by atoms with Crippen molar-refractivity contribution >= 4 is 17.4 Å². The number of aromatic nitrogens is 2. The molecular formula is C12H18ClN3. The third-order valence-corrected chi connectivity index (χ3v) is 3.70. The van der Waals surface area contributed by atoms with Gasteiger partial charge in [-0.1, -0.05) is 31.4 Å². The highest BCUT2D eigenvalue weighted by Crippen LogP contribution is 2.33. The number of anilines is 1. The second-order valence-corrected chi connectivity index (χ2v) is 5.10. The monoisotopic (exact) mass is 239 g/mol. The average molecular weight is 240 g/mol. The summed E-state index contributed by atoms with van der Waals surface area (Å²) in [7, 11) is 0. The van der Waals surface area contributed by atoms with Crippen LogP contribution in [0.5, 0.6) is 0 Å². The number of halogens is 1. The molecular weight excluding hydrogens is 222 g/mol. The molecule has 2 rings (SSSR count). The first-order valence-electron chi connectivity index (χ1n) is 5.92. The number of hydrogen-bond acceptors (Lipinski definition) is 3. The van der Waals surface area contributed by atoms with Gasteiger partial charge in [0.25, 0.3) is 0 Å². The molecule has 0 amide bonds. The molecule has 1 aromatic heterocycles. The van der Waals surface area contributed by atoms with E-state index in [9.17, 15) is 0 Å². The summed E-state index contributed by atoms with van der Waals surface area (Å²) in [5, 5.41) is 4.11. The van der Waals surface area contributed by atoms with Gasteiger partial charge >= 0.3 is 0 Å². The molecule has 0 aromatic carbocycles. The summed E-state index contributed by atoms with van der Waals surface area (Å²) in [5.41, 5.74) is 1.21. The van der Waals surface area contributed by atoms with Gasteiger partial charge in [0.15, 0.2) is 0 Å². The summed E-state index contributed by atoms with van der Waals surface area (Å²) in [5.74, 6) is 0.909. The van der Waals surface area contributed by atoms with Gasteiger partial charge in [-0.25, -0.2) is 9.97 Å². The van der Waals surface area contributed by atoms with Crippen molar-refractivity contribution in [2.45, 2.75) is 51.5 Å². The Labute approximate surface area is 102 Å². The Balaban J connectivity index is 2.23. The zero-order chi connectivity index (χ0) is 11.6. The summed E-state index contributed by atoms with van der Waals surface area (Å²) in [6, 6.07) is 0. The van der Waals surface area contributed by atoms with E-state index in [1.54, 1.807) is 0 Å². The van der Waals surface area contributed by atoms with Crippen molar-refractivity contribution in [2.24, 2.45) is 0 Å². The Morgan fingerprint density at radius 3 is 2.69 bits per heavy atom. The van der Waals surface area contributed by atoms with Crippen LogP contribution in [0.4, 0.5) is 5.82 Å². The molecule has 1 aliphatic carbocycles. The molecule has 1 saturated carbocycles. The Bertz CT molecular complexity index is 373. The summed E-state index contributed by atoms with van der Waals surface area (Å²) in [6.45, 7) is 4.34. The van der Waals surface area contributed by atoms with Crippen molar-refractivity contribution in [1.82, 2.24) is 9.97 Å². The highest BCUT2D eigenvalue weighted by molar-refractivity contribution is 6.30. The minimum Gasteiger partial charge on any atom is -0.365 e. The molecule has 1 aliphatic rings. The first kappa shape index (κ1) is 11.6. The van der Waals surface area contributed by atoms with Crippen molar-refractivity contribution in [2.75, 3.05) is 5.32 Å². The predicted octanol–water partition coefficient (Wildman–Crippen LogP) is 3.44. The highest BCUT2D eigenvalue weighted by atomic mass is 35.5. The maximum atomic E-state index is 6.07. The lowest BCUT2D eigenvalue weighted by molar-refractivity contribution is 0.530. The van der Waals surface area contributed by atoms with E-state index in [-0.39, 0.29) is 5.54 Å². The third-order valence-electron chi connectivity index (χ3n) is 3.37. The molecule has 0 unspecified atom stereocenters. The Morgan fingerprint density at radius 2 is 2.06 bits per heavy atom. The zero-order valence-corrected chi connectivity index (χ0v) is 10.6. The molecule has 0 atom stereocenters. The van der Waals surface area contributed by atoms with E-state index in [1.165, 1.54) is 32.0 Å². The maximum absolute atomic E-state index is 6.07. The summed E-state index contributed by atoms with van der Waals surface area (Å²) < 4.78 is 0. The fourth-order valence-electron chi connectivity index (χ4n) is 2.38. The fraction of sp³-hybridized carbons (Fsp3) is 0.667. The molecule has 0 aliphatic heterocycles. The summed E-state index contributed by atoms with van der Waals surface area (Å²) in [6.07, 6.45) is 7.39. The van der Waals surface area contributed by atoms with Crippen LogP contribution in [0.3, 0.4) is 0 Å². The van der Waals surface area contributed by atoms with Gasteiger partial charge in [-0.05, 0) is 26.2 Å². The molecule has 4 heteroatoms. The molecule has 0 saturated heterocycles. The Hall–Kier alpha value is -0.830. The normalized spacial score (nSPS) is 18.7. The molecule has 1 aromatic rings. The lowest BCUT2D eigenvalue weighted by Crippen LogP contribution is -2.31. The van der Waals surface area contributed by atoms with Gasteiger partial charge < -0.3 is 5.32 Å². The van der Waals surface area contributed by atoms with E-state index < -0.39 is 0 Å². The van der Waals surface area contributed by atoms with Gasteiger partial charge in [-0.2, -0.15) is 0 Å². The second kappa shape index (κ2) is 4.58. The smallest absolute Gasteiger partial charge is 0.137 e. The van der Waals surface area contributed by atoms with Crippen molar-refractivity contribution in [1.29, 1.82) is 0 Å². The molecule has 1 fully saturated rings. The van der Waals surface area contributed by atoms with Crippen LogP contribution < -0.4 is 5.32 Å². The van der Waals surface area contributed by atoms with E-state index in [2.05, 4.69) is 29.1 Å². The van der Waals surface area contributed by atoms with Crippen LogP contribution in [-0.4, -0.2) is 15.5 Å². The van der Waals surface area contributed by atoms with Gasteiger partial charge in [0.1, 0.15) is 17.3 Å². The average Bonchev–Trinajstić information content (AvgIpc) is 2.65. The number of nitrogens with zero attached hydrogens (tertiary/aromatic N) is 2. The highest BCUT2D eigenvalue weighted by Gasteiger charge is 2.29. The third kappa shape index (κ3) is 2.29. The van der Waals surface area contributed by atoms with Gasteiger partial charge in [0.05, 0.1) is 0 Å². The first-order chi connectivity index (χ1) is 7.64. The molecule has 16 heavy (non-hydrogen) atoms. The Morgan fingerprint density at radius 1 is 1.38 bits per heavy atom. The summed E-state index contributed by atoms with van der Waals surface area (Å²) >= 11 is 6.07. The van der Waals surface area contributed by atoms with E-state index >= 15 is 0 Å². The molecule has 1 heterocycles. The molecule has 1 N–H and O–H groups in total. The van der Waals surface area contributed by atoms with E-state index in [1.807, 2.05) is 0 Å². The van der Waals surface area contributed by atoms with Crippen LogP contribution in [0.15, 0.2) is 6.33 Å². The maximum Gasteiger partial charge on any atom is 0.137 e. The second-order valence-electron chi connectivity index (χ2n) is 4.74. The van der Waals surface area contributed by atoms with Crippen molar-refractivity contribution < 1.29 is 0 Å². The summed E-state index contributed by atoms with van der Waals surface area (Å²) in [4.78, 5) is 8.33.